The Morgan fingerprint density at radius 2 is 1.81 bits per heavy atom. The maximum Gasteiger partial charge on any atom is 0.228 e. The van der Waals surface area contributed by atoms with Gasteiger partial charge in [0.25, 0.3) is 0 Å². The van der Waals surface area contributed by atoms with Crippen molar-refractivity contribution >= 4 is 11.6 Å². The summed E-state index contributed by atoms with van der Waals surface area (Å²) in [5.41, 5.74) is 3.23. The Bertz CT molecular complexity index is 927. The number of carbonyl (C=O) groups is 1. The third-order valence-electron chi connectivity index (χ3n) is 5.11. The van der Waals surface area contributed by atoms with Gasteiger partial charge in [-0.3, -0.25) is 9.48 Å². The third kappa shape index (κ3) is 4.08. The van der Waals surface area contributed by atoms with Gasteiger partial charge in [0.05, 0.1) is 18.7 Å². The third-order valence-corrected chi connectivity index (χ3v) is 5.11. The minimum absolute atomic E-state index is 0.0165. The average Bonchev–Trinajstić information content (AvgIpc) is 3.36. The summed E-state index contributed by atoms with van der Waals surface area (Å²) >= 11 is 0. The quantitative estimate of drug-likeness (QED) is 0.694. The zero-order valence-electron chi connectivity index (χ0n) is 15.1. The van der Waals surface area contributed by atoms with Crippen LogP contribution in [0.25, 0.3) is 11.1 Å². The molecule has 0 radical (unpaired) electrons. The van der Waals surface area contributed by atoms with Gasteiger partial charge in [0.1, 0.15) is 5.82 Å². The zero-order chi connectivity index (χ0) is 18.6. The molecule has 0 unspecified atom stereocenters. The number of anilines is 1. The number of amides is 1. The molecular formula is C22H22FN3O. The zero-order valence-corrected chi connectivity index (χ0v) is 15.1. The molecule has 0 bridgehead atoms. The van der Waals surface area contributed by atoms with Crippen LogP contribution in [-0.4, -0.2) is 15.7 Å². The van der Waals surface area contributed by atoms with Crippen molar-refractivity contribution in [3.05, 3.63) is 72.3 Å². The van der Waals surface area contributed by atoms with Gasteiger partial charge < -0.3 is 5.32 Å². The number of benzene rings is 2. The predicted molar refractivity (Wildman–Crippen MR) is 104 cm³/mol. The van der Waals surface area contributed by atoms with Crippen molar-refractivity contribution in [3.63, 3.8) is 0 Å². The molecule has 4 rings (SSSR count). The fourth-order valence-electron chi connectivity index (χ4n) is 3.62. The van der Waals surface area contributed by atoms with Gasteiger partial charge in [0.15, 0.2) is 0 Å². The molecule has 1 amide bonds. The SMILES string of the molecule is O=C(Cc1ccccc1F)Nc1ccc(-c2cnn(C3CCCC3)c2)cc1. The predicted octanol–water partition coefficient (Wildman–Crippen LogP) is 4.99. The second kappa shape index (κ2) is 7.74. The summed E-state index contributed by atoms with van der Waals surface area (Å²) in [5.74, 6) is -0.593. The molecule has 138 valence electrons. The first-order valence-corrected chi connectivity index (χ1v) is 9.37. The Hall–Kier alpha value is -2.95. The monoisotopic (exact) mass is 363 g/mol. The largest absolute Gasteiger partial charge is 0.326 e. The second-order valence-corrected chi connectivity index (χ2v) is 7.04. The summed E-state index contributed by atoms with van der Waals surface area (Å²) in [6.07, 6.45) is 8.97. The molecule has 0 saturated heterocycles. The molecule has 4 nitrogen and oxygen atoms in total. The lowest BCUT2D eigenvalue weighted by molar-refractivity contribution is -0.115. The number of rotatable bonds is 5. The van der Waals surface area contributed by atoms with Crippen molar-refractivity contribution < 1.29 is 9.18 Å². The number of halogens is 1. The standard InChI is InChI=1S/C22H22FN3O/c23-21-8-4-1-5-17(21)13-22(27)25-19-11-9-16(10-12-19)18-14-24-26(15-18)20-6-2-3-7-20/h1,4-5,8-12,14-15,20H,2-3,6-7,13H2,(H,25,27). The Labute approximate surface area is 158 Å². The van der Waals surface area contributed by atoms with Crippen molar-refractivity contribution in [3.8, 4) is 11.1 Å². The number of nitrogens with one attached hydrogen (secondary N) is 1. The highest BCUT2D eigenvalue weighted by Gasteiger charge is 2.17. The summed E-state index contributed by atoms with van der Waals surface area (Å²) in [4.78, 5) is 12.1. The van der Waals surface area contributed by atoms with Gasteiger partial charge >= 0.3 is 0 Å². The topological polar surface area (TPSA) is 46.9 Å². The lowest BCUT2D eigenvalue weighted by Crippen LogP contribution is -2.15. The van der Waals surface area contributed by atoms with Crippen molar-refractivity contribution in [2.24, 2.45) is 0 Å². The molecule has 5 heteroatoms. The number of carbonyl (C=O) groups excluding carboxylic acids is 1. The van der Waals surface area contributed by atoms with Crippen molar-refractivity contribution in [2.45, 2.75) is 38.1 Å². The molecule has 1 heterocycles. The van der Waals surface area contributed by atoms with E-state index in [1.165, 1.54) is 31.7 Å². The molecule has 2 aromatic carbocycles. The number of aromatic nitrogens is 2. The van der Waals surface area contributed by atoms with E-state index in [4.69, 9.17) is 0 Å². The van der Waals surface area contributed by atoms with Crippen LogP contribution in [-0.2, 0) is 11.2 Å². The summed E-state index contributed by atoms with van der Waals surface area (Å²) in [5, 5.41) is 7.33. The molecule has 1 fully saturated rings. The van der Waals surface area contributed by atoms with Crippen LogP contribution in [0.15, 0.2) is 60.9 Å². The van der Waals surface area contributed by atoms with Crippen molar-refractivity contribution in [2.75, 3.05) is 5.32 Å². The molecule has 1 saturated carbocycles. The summed E-state index contributed by atoms with van der Waals surface area (Å²) < 4.78 is 15.7. The summed E-state index contributed by atoms with van der Waals surface area (Å²) in [7, 11) is 0. The Kier molecular flexibility index (Phi) is 5.01. The lowest BCUT2D eigenvalue weighted by atomic mass is 10.1. The maximum atomic E-state index is 13.7. The average molecular weight is 363 g/mol. The van der Waals surface area contributed by atoms with E-state index >= 15 is 0 Å². The van der Waals surface area contributed by atoms with E-state index in [1.807, 2.05) is 30.5 Å². The normalized spacial score (nSPS) is 14.4. The van der Waals surface area contributed by atoms with E-state index in [0.29, 0.717) is 17.3 Å². The van der Waals surface area contributed by atoms with E-state index in [9.17, 15) is 9.18 Å². The summed E-state index contributed by atoms with van der Waals surface area (Å²) in [6.45, 7) is 0. The molecule has 0 spiro atoms. The highest BCUT2D eigenvalue weighted by Crippen LogP contribution is 2.30. The lowest BCUT2D eigenvalue weighted by Gasteiger charge is -2.09. The molecule has 1 aromatic heterocycles. The van der Waals surface area contributed by atoms with Crippen molar-refractivity contribution in [1.82, 2.24) is 9.78 Å². The van der Waals surface area contributed by atoms with Gasteiger partial charge in [-0.2, -0.15) is 5.10 Å². The first kappa shape index (κ1) is 17.5. The highest BCUT2D eigenvalue weighted by molar-refractivity contribution is 5.92. The van der Waals surface area contributed by atoms with Gasteiger partial charge in [0, 0.05) is 17.4 Å². The molecule has 0 atom stereocenters. The number of hydrogen-bond donors (Lipinski definition) is 1. The van der Waals surface area contributed by atoms with Crippen LogP contribution in [0.2, 0.25) is 0 Å². The maximum absolute atomic E-state index is 13.7. The van der Waals surface area contributed by atoms with Gasteiger partial charge in [-0.05, 0) is 42.2 Å². The van der Waals surface area contributed by atoms with Crippen LogP contribution in [0, 0.1) is 5.82 Å². The molecule has 1 N–H and O–H groups in total. The molecule has 27 heavy (non-hydrogen) atoms. The van der Waals surface area contributed by atoms with E-state index in [0.717, 1.165) is 11.1 Å². The van der Waals surface area contributed by atoms with Crippen LogP contribution in [0.3, 0.4) is 0 Å². The van der Waals surface area contributed by atoms with Crippen LogP contribution in [0.4, 0.5) is 10.1 Å². The molecule has 1 aliphatic rings. The minimum atomic E-state index is -0.359. The molecule has 3 aromatic rings. The fraction of sp³-hybridized carbons (Fsp3) is 0.273. The highest BCUT2D eigenvalue weighted by atomic mass is 19.1. The van der Waals surface area contributed by atoms with Crippen LogP contribution >= 0.6 is 0 Å². The Morgan fingerprint density at radius 1 is 1.07 bits per heavy atom. The van der Waals surface area contributed by atoms with Crippen LogP contribution < -0.4 is 5.32 Å². The van der Waals surface area contributed by atoms with E-state index in [1.54, 1.807) is 18.2 Å². The number of nitrogens with zero attached hydrogens (tertiary/aromatic N) is 2. The summed E-state index contributed by atoms with van der Waals surface area (Å²) in [6, 6.07) is 14.5. The molecular weight excluding hydrogens is 341 g/mol. The number of hydrogen-bond acceptors (Lipinski definition) is 2. The van der Waals surface area contributed by atoms with Gasteiger partial charge in [0.2, 0.25) is 5.91 Å². The Morgan fingerprint density at radius 3 is 2.56 bits per heavy atom. The van der Waals surface area contributed by atoms with Crippen LogP contribution in [0.5, 0.6) is 0 Å². The van der Waals surface area contributed by atoms with Gasteiger partial charge in [-0.1, -0.05) is 43.2 Å². The first-order chi connectivity index (χ1) is 13.2. The minimum Gasteiger partial charge on any atom is -0.326 e. The van der Waals surface area contributed by atoms with E-state index in [-0.39, 0.29) is 18.1 Å². The first-order valence-electron chi connectivity index (χ1n) is 9.37. The molecule has 1 aliphatic carbocycles. The van der Waals surface area contributed by atoms with E-state index in [2.05, 4.69) is 21.3 Å². The van der Waals surface area contributed by atoms with Crippen LogP contribution in [0.1, 0.15) is 37.3 Å². The van der Waals surface area contributed by atoms with Gasteiger partial charge in [-0.15, -0.1) is 0 Å². The van der Waals surface area contributed by atoms with E-state index < -0.39 is 0 Å². The van der Waals surface area contributed by atoms with Gasteiger partial charge in [-0.25, -0.2) is 4.39 Å². The Balaban J connectivity index is 1.40. The van der Waals surface area contributed by atoms with Crippen molar-refractivity contribution in [1.29, 1.82) is 0 Å². The molecule has 0 aliphatic heterocycles. The fourth-order valence-corrected chi connectivity index (χ4v) is 3.62. The second-order valence-electron chi connectivity index (χ2n) is 7.04. The smallest absolute Gasteiger partial charge is 0.228 e.